The monoisotopic (exact) mass is 395 g/mol. The third-order valence-electron chi connectivity index (χ3n) is 4.36. The predicted molar refractivity (Wildman–Crippen MR) is 107 cm³/mol. The van der Waals surface area contributed by atoms with Gasteiger partial charge in [0.05, 0.1) is 11.9 Å². The number of hydrogen-bond donors (Lipinski definition) is 2. The summed E-state index contributed by atoms with van der Waals surface area (Å²) in [6.45, 7) is 4.66. The molecule has 0 aliphatic rings. The Hall–Kier alpha value is -3.48. The fourth-order valence-electron chi connectivity index (χ4n) is 2.83. The molecule has 2 N–H and O–H groups in total. The number of ether oxygens (including phenoxy) is 1. The van der Waals surface area contributed by atoms with Gasteiger partial charge in [0.15, 0.2) is 5.60 Å². The van der Waals surface area contributed by atoms with Crippen molar-refractivity contribution in [2.24, 2.45) is 0 Å². The Morgan fingerprint density at radius 3 is 2.31 bits per heavy atom. The van der Waals surface area contributed by atoms with Gasteiger partial charge in [-0.25, -0.2) is 9.37 Å². The maximum Gasteiger partial charge on any atom is 0.303 e. The fourth-order valence-corrected chi connectivity index (χ4v) is 2.83. The molecule has 3 aromatic rings. The molecule has 0 atom stereocenters. The van der Waals surface area contributed by atoms with Gasteiger partial charge in [0.25, 0.3) is 5.91 Å². The highest BCUT2D eigenvalue weighted by Crippen LogP contribution is 2.22. The van der Waals surface area contributed by atoms with Crippen LogP contribution in [0.25, 0.3) is 22.6 Å². The molecule has 6 nitrogen and oxygen atoms in total. The molecule has 0 aliphatic heterocycles. The van der Waals surface area contributed by atoms with E-state index in [-0.39, 0.29) is 11.7 Å². The molecule has 0 saturated heterocycles. The first kappa shape index (κ1) is 20.3. The molecule has 0 saturated carbocycles. The number of aromatic nitrogens is 2. The van der Waals surface area contributed by atoms with Crippen LogP contribution in [-0.4, -0.2) is 27.4 Å². The van der Waals surface area contributed by atoms with Crippen LogP contribution in [0.2, 0.25) is 0 Å². The Bertz CT molecular complexity index is 1010. The Morgan fingerprint density at radius 2 is 1.69 bits per heavy atom. The maximum atomic E-state index is 13.1. The van der Waals surface area contributed by atoms with Crippen molar-refractivity contribution in [1.82, 2.24) is 15.3 Å². The molecule has 2 aromatic carbocycles. The van der Waals surface area contributed by atoms with Crippen molar-refractivity contribution in [3.05, 3.63) is 66.1 Å². The highest BCUT2D eigenvalue weighted by Gasteiger charge is 2.30. The van der Waals surface area contributed by atoms with Crippen LogP contribution >= 0.6 is 0 Å². The number of imidazole rings is 1. The van der Waals surface area contributed by atoms with E-state index in [2.05, 4.69) is 15.3 Å². The lowest BCUT2D eigenvalue weighted by atomic mass is 10.1. The Balaban J connectivity index is 1.64. The lowest BCUT2D eigenvalue weighted by molar-refractivity contribution is -0.163. The third-order valence-corrected chi connectivity index (χ3v) is 4.36. The van der Waals surface area contributed by atoms with Gasteiger partial charge in [-0.2, -0.15) is 0 Å². The first-order valence-electron chi connectivity index (χ1n) is 9.13. The summed E-state index contributed by atoms with van der Waals surface area (Å²) in [5, 5.41) is 2.76. The molecular weight excluding hydrogens is 373 g/mol. The van der Waals surface area contributed by atoms with Crippen molar-refractivity contribution in [3.8, 4) is 22.6 Å². The zero-order chi connectivity index (χ0) is 21.0. The van der Waals surface area contributed by atoms with Gasteiger partial charge in [-0.3, -0.25) is 9.59 Å². The minimum atomic E-state index is -1.23. The predicted octanol–water partition coefficient (Wildman–Crippen LogP) is 3.84. The van der Waals surface area contributed by atoms with Crippen molar-refractivity contribution >= 4 is 11.9 Å². The lowest BCUT2D eigenvalue weighted by Crippen LogP contribution is -2.44. The smallest absolute Gasteiger partial charge is 0.303 e. The van der Waals surface area contributed by atoms with E-state index in [1.807, 2.05) is 24.3 Å². The number of carbonyl (C=O) groups excluding carboxylic acids is 2. The summed E-state index contributed by atoms with van der Waals surface area (Å²) in [5.74, 6) is -0.469. The standard InChI is InChI=1S/C22H22FN3O3/c1-14(27)29-22(2,3)21(28)25-12-15-4-6-17(7-5-15)20-24-13-19(26-20)16-8-10-18(23)11-9-16/h4-11,13H,12H2,1-3H3,(H,24,26)(H,25,28). The van der Waals surface area contributed by atoms with E-state index in [4.69, 9.17) is 4.74 Å². The van der Waals surface area contributed by atoms with Gasteiger partial charge in [0, 0.05) is 19.0 Å². The quantitative estimate of drug-likeness (QED) is 0.621. The number of halogens is 1. The number of amides is 1. The summed E-state index contributed by atoms with van der Waals surface area (Å²) >= 11 is 0. The SMILES string of the molecule is CC(=O)OC(C)(C)C(=O)NCc1ccc(-c2ncc(-c3ccc(F)cc3)[nH]2)cc1. The van der Waals surface area contributed by atoms with Gasteiger partial charge in [0.2, 0.25) is 0 Å². The summed E-state index contributed by atoms with van der Waals surface area (Å²) in [6.07, 6.45) is 1.70. The van der Waals surface area contributed by atoms with Crippen LogP contribution in [0, 0.1) is 5.82 Å². The molecule has 0 unspecified atom stereocenters. The molecule has 0 fully saturated rings. The van der Waals surface area contributed by atoms with Crippen LogP contribution in [0.5, 0.6) is 0 Å². The Morgan fingerprint density at radius 1 is 1.07 bits per heavy atom. The van der Waals surface area contributed by atoms with Crippen LogP contribution in [-0.2, 0) is 20.9 Å². The fraction of sp³-hybridized carbons (Fsp3) is 0.227. The van der Waals surface area contributed by atoms with E-state index in [0.717, 1.165) is 22.4 Å². The van der Waals surface area contributed by atoms with Crippen molar-refractivity contribution in [3.63, 3.8) is 0 Å². The van der Waals surface area contributed by atoms with E-state index >= 15 is 0 Å². The number of benzene rings is 2. The minimum Gasteiger partial charge on any atom is -0.450 e. The van der Waals surface area contributed by atoms with Gasteiger partial charge in [0.1, 0.15) is 11.6 Å². The zero-order valence-corrected chi connectivity index (χ0v) is 16.5. The van der Waals surface area contributed by atoms with Gasteiger partial charge in [-0.15, -0.1) is 0 Å². The molecule has 1 heterocycles. The summed E-state index contributed by atoms with van der Waals surface area (Å²) in [4.78, 5) is 30.9. The van der Waals surface area contributed by atoms with E-state index < -0.39 is 11.6 Å². The largest absolute Gasteiger partial charge is 0.450 e. The molecular formula is C22H22FN3O3. The molecule has 150 valence electrons. The molecule has 0 aliphatic carbocycles. The summed E-state index contributed by atoms with van der Waals surface area (Å²) in [5.41, 5.74) is 2.19. The van der Waals surface area contributed by atoms with E-state index in [1.54, 1.807) is 32.2 Å². The van der Waals surface area contributed by atoms with Crippen LogP contribution in [0.3, 0.4) is 0 Å². The number of rotatable bonds is 6. The normalized spacial score (nSPS) is 11.2. The summed E-state index contributed by atoms with van der Waals surface area (Å²) in [7, 11) is 0. The highest BCUT2D eigenvalue weighted by molar-refractivity contribution is 5.86. The van der Waals surface area contributed by atoms with Crippen LogP contribution < -0.4 is 5.32 Å². The van der Waals surface area contributed by atoms with Crippen LogP contribution in [0.1, 0.15) is 26.3 Å². The molecule has 0 bridgehead atoms. The van der Waals surface area contributed by atoms with Crippen molar-refractivity contribution in [1.29, 1.82) is 0 Å². The first-order valence-corrected chi connectivity index (χ1v) is 9.13. The first-order chi connectivity index (χ1) is 13.7. The van der Waals surface area contributed by atoms with Crippen LogP contribution in [0.15, 0.2) is 54.7 Å². The van der Waals surface area contributed by atoms with E-state index in [0.29, 0.717) is 12.4 Å². The molecule has 0 spiro atoms. The van der Waals surface area contributed by atoms with Gasteiger partial charge < -0.3 is 15.0 Å². The topological polar surface area (TPSA) is 84.1 Å². The number of esters is 1. The molecule has 29 heavy (non-hydrogen) atoms. The molecule has 1 aromatic heterocycles. The van der Waals surface area contributed by atoms with Crippen molar-refractivity contribution in [2.75, 3.05) is 0 Å². The number of nitrogens with one attached hydrogen (secondary N) is 2. The summed E-state index contributed by atoms with van der Waals surface area (Å²) in [6, 6.07) is 13.7. The number of carbonyl (C=O) groups is 2. The minimum absolute atomic E-state index is 0.285. The highest BCUT2D eigenvalue weighted by atomic mass is 19.1. The molecule has 3 rings (SSSR count). The number of hydrogen-bond acceptors (Lipinski definition) is 4. The molecule has 1 amide bonds. The van der Waals surface area contributed by atoms with Crippen molar-refractivity contribution < 1.29 is 18.7 Å². The number of H-pyrrole nitrogens is 1. The zero-order valence-electron chi connectivity index (χ0n) is 16.5. The molecule has 7 heteroatoms. The average molecular weight is 395 g/mol. The Labute approximate surface area is 168 Å². The maximum absolute atomic E-state index is 13.1. The van der Waals surface area contributed by atoms with Crippen LogP contribution in [0.4, 0.5) is 4.39 Å². The second kappa shape index (κ2) is 8.26. The average Bonchev–Trinajstić information content (AvgIpc) is 3.16. The van der Waals surface area contributed by atoms with Gasteiger partial charge >= 0.3 is 5.97 Å². The molecule has 0 radical (unpaired) electrons. The number of aromatic amines is 1. The Kier molecular flexibility index (Phi) is 5.77. The second-order valence-corrected chi connectivity index (χ2v) is 7.14. The summed E-state index contributed by atoms with van der Waals surface area (Å²) < 4.78 is 18.1. The lowest BCUT2D eigenvalue weighted by Gasteiger charge is -2.23. The van der Waals surface area contributed by atoms with E-state index in [1.165, 1.54) is 19.1 Å². The third kappa shape index (κ3) is 5.07. The number of nitrogens with zero attached hydrogens (tertiary/aromatic N) is 1. The van der Waals surface area contributed by atoms with Gasteiger partial charge in [-0.1, -0.05) is 24.3 Å². The second-order valence-electron chi connectivity index (χ2n) is 7.14. The van der Waals surface area contributed by atoms with E-state index in [9.17, 15) is 14.0 Å². The van der Waals surface area contributed by atoms with Crippen molar-refractivity contribution in [2.45, 2.75) is 32.9 Å². The van der Waals surface area contributed by atoms with Gasteiger partial charge in [-0.05, 0) is 49.2 Å².